The van der Waals surface area contributed by atoms with E-state index in [4.69, 9.17) is 4.52 Å². The number of fused-ring (bicyclic) bond motifs is 1. The molecule has 4 aromatic rings. The normalized spacial score (nSPS) is 12.0. The zero-order chi connectivity index (χ0) is 19.2. The van der Waals surface area contributed by atoms with Gasteiger partial charge < -0.3 is 9.51 Å². The summed E-state index contributed by atoms with van der Waals surface area (Å²) in [4.78, 5) is 7.57. The number of halogens is 3. The first-order valence-corrected chi connectivity index (χ1v) is 8.38. The van der Waals surface area contributed by atoms with Crippen LogP contribution in [-0.4, -0.2) is 15.1 Å². The van der Waals surface area contributed by atoms with Crippen LogP contribution < -0.4 is 0 Å². The Balaban J connectivity index is 1.69. The van der Waals surface area contributed by atoms with Gasteiger partial charge in [0.25, 0.3) is 0 Å². The Labute approximate surface area is 153 Å². The van der Waals surface area contributed by atoms with Gasteiger partial charge in [-0.05, 0) is 49.6 Å². The average Bonchev–Trinajstić information content (AvgIpc) is 3.17. The quantitative estimate of drug-likeness (QED) is 0.521. The summed E-state index contributed by atoms with van der Waals surface area (Å²) in [7, 11) is 0. The molecule has 0 amide bonds. The maximum Gasteiger partial charge on any atom is 0.416 e. The van der Waals surface area contributed by atoms with Gasteiger partial charge in [0.05, 0.1) is 11.3 Å². The SMILES string of the molecule is Cc1noc(C)c1-c1cnc2[nH]cc(Cc3ccc(C(F)(F)F)cc3)c2c1. The van der Waals surface area contributed by atoms with Gasteiger partial charge in [0.15, 0.2) is 0 Å². The van der Waals surface area contributed by atoms with E-state index in [1.54, 1.807) is 6.20 Å². The number of hydrogen-bond donors (Lipinski definition) is 1. The lowest BCUT2D eigenvalue weighted by Gasteiger charge is -2.07. The predicted octanol–water partition coefficient (Wildman–Crippen LogP) is 5.44. The second-order valence-corrected chi connectivity index (χ2v) is 6.50. The highest BCUT2D eigenvalue weighted by Gasteiger charge is 2.29. The van der Waals surface area contributed by atoms with Crippen molar-refractivity contribution in [2.45, 2.75) is 26.4 Å². The van der Waals surface area contributed by atoms with E-state index in [2.05, 4.69) is 15.1 Å². The average molecular weight is 371 g/mol. The topological polar surface area (TPSA) is 54.7 Å². The monoisotopic (exact) mass is 371 g/mol. The van der Waals surface area contributed by atoms with E-state index in [1.807, 2.05) is 26.1 Å². The molecule has 0 saturated carbocycles. The Morgan fingerprint density at radius 1 is 1.11 bits per heavy atom. The molecule has 0 saturated heterocycles. The maximum atomic E-state index is 12.7. The van der Waals surface area contributed by atoms with Crippen LogP contribution in [0.1, 0.15) is 28.1 Å². The molecule has 138 valence electrons. The van der Waals surface area contributed by atoms with E-state index in [0.717, 1.165) is 51.1 Å². The summed E-state index contributed by atoms with van der Waals surface area (Å²) in [5.41, 5.74) is 4.43. The molecular formula is C20H16F3N3O. The standard InChI is InChI=1S/C20H16F3N3O/c1-11-18(12(2)27-26-11)15-8-17-14(9-24-19(17)25-10-15)7-13-3-5-16(6-4-13)20(21,22)23/h3-6,8-10H,7H2,1-2H3,(H,24,25). The minimum Gasteiger partial charge on any atom is -0.361 e. The highest BCUT2D eigenvalue weighted by Crippen LogP contribution is 2.31. The lowest BCUT2D eigenvalue weighted by Crippen LogP contribution is -2.04. The van der Waals surface area contributed by atoms with Gasteiger partial charge in [-0.15, -0.1) is 0 Å². The summed E-state index contributed by atoms with van der Waals surface area (Å²) in [6.45, 7) is 3.72. The van der Waals surface area contributed by atoms with Crippen LogP contribution in [0.15, 0.2) is 47.2 Å². The van der Waals surface area contributed by atoms with Crippen molar-refractivity contribution in [1.29, 1.82) is 0 Å². The molecule has 4 nitrogen and oxygen atoms in total. The molecule has 7 heteroatoms. The first-order valence-electron chi connectivity index (χ1n) is 8.38. The van der Waals surface area contributed by atoms with Crippen molar-refractivity contribution in [3.05, 3.63) is 70.9 Å². The van der Waals surface area contributed by atoms with Crippen LogP contribution >= 0.6 is 0 Å². The maximum absolute atomic E-state index is 12.7. The number of H-pyrrole nitrogens is 1. The number of aromatic nitrogens is 3. The fourth-order valence-corrected chi connectivity index (χ4v) is 3.27. The molecule has 0 spiro atoms. The largest absolute Gasteiger partial charge is 0.416 e. The number of alkyl halides is 3. The van der Waals surface area contributed by atoms with Crippen LogP contribution in [0.3, 0.4) is 0 Å². The Morgan fingerprint density at radius 3 is 2.48 bits per heavy atom. The van der Waals surface area contributed by atoms with Gasteiger partial charge in [-0.1, -0.05) is 17.3 Å². The van der Waals surface area contributed by atoms with E-state index in [0.29, 0.717) is 12.2 Å². The molecule has 0 atom stereocenters. The highest BCUT2D eigenvalue weighted by molar-refractivity contribution is 5.85. The second kappa shape index (κ2) is 6.26. The summed E-state index contributed by atoms with van der Waals surface area (Å²) in [5, 5.41) is 4.90. The molecule has 27 heavy (non-hydrogen) atoms. The molecule has 0 aliphatic rings. The van der Waals surface area contributed by atoms with Gasteiger partial charge >= 0.3 is 6.18 Å². The van der Waals surface area contributed by atoms with Gasteiger partial charge in [0.1, 0.15) is 11.4 Å². The van der Waals surface area contributed by atoms with Crippen molar-refractivity contribution in [3.63, 3.8) is 0 Å². The first-order chi connectivity index (χ1) is 12.8. The summed E-state index contributed by atoms with van der Waals surface area (Å²) < 4.78 is 43.4. The molecule has 0 aliphatic heterocycles. The zero-order valence-electron chi connectivity index (χ0n) is 14.7. The third kappa shape index (κ3) is 3.20. The molecule has 1 N–H and O–H groups in total. The molecule has 0 unspecified atom stereocenters. The Bertz CT molecular complexity index is 1090. The van der Waals surface area contributed by atoms with Crippen molar-refractivity contribution >= 4 is 11.0 Å². The molecule has 4 rings (SSSR count). The Kier molecular flexibility index (Phi) is 4.02. The molecule has 0 radical (unpaired) electrons. The van der Waals surface area contributed by atoms with Crippen LogP contribution in [0, 0.1) is 13.8 Å². The minimum atomic E-state index is -4.33. The van der Waals surface area contributed by atoms with E-state index >= 15 is 0 Å². The fourth-order valence-electron chi connectivity index (χ4n) is 3.27. The molecule has 0 aliphatic carbocycles. The van der Waals surface area contributed by atoms with Crippen molar-refractivity contribution in [2.24, 2.45) is 0 Å². The Morgan fingerprint density at radius 2 is 1.85 bits per heavy atom. The number of hydrogen-bond acceptors (Lipinski definition) is 3. The van der Waals surface area contributed by atoms with Crippen molar-refractivity contribution < 1.29 is 17.7 Å². The third-order valence-corrected chi connectivity index (χ3v) is 4.61. The van der Waals surface area contributed by atoms with E-state index in [9.17, 15) is 13.2 Å². The number of benzene rings is 1. The molecule has 0 fully saturated rings. The van der Waals surface area contributed by atoms with Gasteiger partial charge in [0, 0.05) is 28.9 Å². The van der Waals surface area contributed by atoms with Crippen LogP contribution in [0.5, 0.6) is 0 Å². The van der Waals surface area contributed by atoms with E-state index < -0.39 is 11.7 Å². The van der Waals surface area contributed by atoms with Crippen LogP contribution in [0.4, 0.5) is 13.2 Å². The van der Waals surface area contributed by atoms with E-state index in [1.165, 1.54) is 12.1 Å². The third-order valence-electron chi connectivity index (χ3n) is 4.61. The smallest absolute Gasteiger partial charge is 0.361 e. The van der Waals surface area contributed by atoms with Gasteiger partial charge in [-0.25, -0.2) is 4.98 Å². The number of pyridine rings is 1. The predicted molar refractivity (Wildman–Crippen MR) is 95.3 cm³/mol. The lowest BCUT2D eigenvalue weighted by molar-refractivity contribution is -0.137. The van der Waals surface area contributed by atoms with E-state index in [-0.39, 0.29) is 0 Å². The summed E-state index contributed by atoms with van der Waals surface area (Å²) >= 11 is 0. The lowest BCUT2D eigenvalue weighted by atomic mass is 10.0. The molecule has 3 heterocycles. The van der Waals surface area contributed by atoms with Crippen LogP contribution in [0.25, 0.3) is 22.2 Å². The van der Waals surface area contributed by atoms with Gasteiger partial charge in [0.2, 0.25) is 0 Å². The van der Waals surface area contributed by atoms with Crippen molar-refractivity contribution in [2.75, 3.05) is 0 Å². The number of aromatic amines is 1. The van der Waals surface area contributed by atoms with Crippen LogP contribution in [0.2, 0.25) is 0 Å². The molecule has 1 aromatic carbocycles. The summed E-state index contributed by atoms with van der Waals surface area (Å²) in [5.74, 6) is 0.716. The number of rotatable bonds is 3. The van der Waals surface area contributed by atoms with Gasteiger partial charge in [-0.2, -0.15) is 13.2 Å². The molecular weight excluding hydrogens is 355 g/mol. The Hall–Kier alpha value is -3.09. The first kappa shape index (κ1) is 17.3. The molecule has 3 aromatic heterocycles. The van der Waals surface area contributed by atoms with Crippen molar-refractivity contribution in [3.8, 4) is 11.1 Å². The summed E-state index contributed by atoms with van der Waals surface area (Å²) in [6, 6.07) is 7.24. The van der Waals surface area contributed by atoms with Gasteiger partial charge in [-0.3, -0.25) is 0 Å². The number of nitrogens with one attached hydrogen (secondary N) is 1. The number of aryl methyl sites for hydroxylation is 2. The zero-order valence-corrected chi connectivity index (χ0v) is 14.7. The summed E-state index contributed by atoms with van der Waals surface area (Å²) in [6.07, 6.45) is -0.225. The minimum absolute atomic E-state index is 0.505. The highest BCUT2D eigenvalue weighted by atomic mass is 19.4. The van der Waals surface area contributed by atoms with Crippen molar-refractivity contribution in [1.82, 2.24) is 15.1 Å². The number of nitrogens with zero attached hydrogens (tertiary/aromatic N) is 2. The molecule has 0 bridgehead atoms. The fraction of sp³-hybridized carbons (Fsp3) is 0.200. The second-order valence-electron chi connectivity index (χ2n) is 6.50. The van der Waals surface area contributed by atoms with Crippen LogP contribution in [-0.2, 0) is 12.6 Å².